The number of nitrogens with zero attached hydrogens (tertiary/aromatic N) is 1. The van der Waals surface area contributed by atoms with Crippen molar-refractivity contribution in [1.82, 2.24) is 0 Å². The SMILES string of the molecule is CCC1CCCC(C#N)(Cc2ccc(Br)cc2)C1. The molecular formula is C16H20BrN. The first kappa shape index (κ1) is 13.6. The van der Waals surface area contributed by atoms with Crippen molar-refractivity contribution < 1.29 is 0 Å². The summed E-state index contributed by atoms with van der Waals surface area (Å²) in [6, 6.07) is 11.0. The van der Waals surface area contributed by atoms with Crippen LogP contribution in [0.4, 0.5) is 0 Å². The summed E-state index contributed by atoms with van der Waals surface area (Å²) in [5, 5.41) is 9.61. The van der Waals surface area contributed by atoms with Crippen LogP contribution >= 0.6 is 15.9 Å². The number of hydrogen-bond donors (Lipinski definition) is 0. The molecule has 2 rings (SSSR count). The lowest BCUT2D eigenvalue weighted by Crippen LogP contribution is -2.29. The molecule has 1 nitrogen and oxygen atoms in total. The van der Waals surface area contributed by atoms with Crippen LogP contribution < -0.4 is 0 Å². The van der Waals surface area contributed by atoms with Gasteiger partial charge in [-0.3, -0.25) is 0 Å². The molecule has 1 saturated carbocycles. The van der Waals surface area contributed by atoms with Gasteiger partial charge < -0.3 is 0 Å². The van der Waals surface area contributed by atoms with E-state index in [-0.39, 0.29) is 5.41 Å². The molecule has 0 saturated heterocycles. The zero-order valence-electron chi connectivity index (χ0n) is 11.0. The average Bonchev–Trinajstić information content (AvgIpc) is 2.42. The van der Waals surface area contributed by atoms with Gasteiger partial charge in [-0.25, -0.2) is 0 Å². The van der Waals surface area contributed by atoms with Crippen LogP contribution in [0.2, 0.25) is 0 Å². The molecule has 0 N–H and O–H groups in total. The maximum atomic E-state index is 9.61. The average molecular weight is 306 g/mol. The van der Waals surface area contributed by atoms with Crippen LogP contribution in [0.1, 0.15) is 44.6 Å². The first-order valence-electron chi connectivity index (χ1n) is 6.83. The molecule has 2 atom stereocenters. The van der Waals surface area contributed by atoms with Crippen molar-refractivity contribution in [2.24, 2.45) is 11.3 Å². The van der Waals surface area contributed by atoms with Crippen molar-refractivity contribution in [2.45, 2.75) is 45.4 Å². The molecule has 2 heteroatoms. The fourth-order valence-electron chi connectivity index (χ4n) is 3.13. The van der Waals surface area contributed by atoms with E-state index in [1.165, 1.54) is 24.8 Å². The van der Waals surface area contributed by atoms with Gasteiger partial charge in [-0.2, -0.15) is 5.26 Å². The highest BCUT2D eigenvalue weighted by Gasteiger charge is 2.35. The summed E-state index contributed by atoms with van der Waals surface area (Å²) >= 11 is 3.46. The molecule has 18 heavy (non-hydrogen) atoms. The Labute approximate surface area is 118 Å². The van der Waals surface area contributed by atoms with E-state index in [1.54, 1.807) is 0 Å². The zero-order valence-corrected chi connectivity index (χ0v) is 12.5. The first-order valence-corrected chi connectivity index (χ1v) is 7.62. The van der Waals surface area contributed by atoms with Gasteiger partial charge in [-0.1, -0.05) is 54.2 Å². The molecule has 2 unspecified atom stereocenters. The van der Waals surface area contributed by atoms with Gasteiger partial charge in [-0.05, 0) is 42.9 Å². The van der Waals surface area contributed by atoms with E-state index in [4.69, 9.17) is 0 Å². The predicted molar refractivity (Wildman–Crippen MR) is 78.1 cm³/mol. The van der Waals surface area contributed by atoms with Crippen molar-refractivity contribution in [3.8, 4) is 6.07 Å². The maximum absolute atomic E-state index is 9.61. The quantitative estimate of drug-likeness (QED) is 0.762. The van der Waals surface area contributed by atoms with Crippen LogP contribution in [-0.2, 0) is 6.42 Å². The Kier molecular flexibility index (Phi) is 4.45. The van der Waals surface area contributed by atoms with Gasteiger partial charge in [0.1, 0.15) is 0 Å². The molecule has 96 valence electrons. The van der Waals surface area contributed by atoms with Crippen molar-refractivity contribution in [3.05, 3.63) is 34.3 Å². The Morgan fingerprint density at radius 1 is 1.39 bits per heavy atom. The summed E-state index contributed by atoms with van der Waals surface area (Å²) in [5.74, 6) is 0.744. The van der Waals surface area contributed by atoms with Crippen molar-refractivity contribution >= 4 is 15.9 Å². The molecule has 0 spiro atoms. The predicted octanol–water partition coefficient (Wildman–Crippen LogP) is 5.10. The van der Waals surface area contributed by atoms with Crippen LogP contribution in [0.3, 0.4) is 0 Å². The lowest BCUT2D eigenvalue weighted by atomic mass is 9.67. The molecule has 0 aromatic heterocycles. The molecule has 0 aliphatic heterocycles. The van der Waals surface area contributed by atoms with Gasteiger partial charge >= 0.3 is 0 Å². The Morgan fingerprint density at radius 2 is 2.11 bits per heavy atom. The second kappa shape index (κ2) is 5.89. The molecular weight excluding hydrogens is 286 g/mol. The molecule has 0 amide bonds. The number of halogens is 1. The third-order valence-electron chi connectivity index (χ3n) is 4.22. The lowest BCUT2D eigenvalue weighted by Gasteiger charge is -2.35. The van der Waals surface area contributed by atoms with E-state index >= 15 is 0 Å². The Bertz CT molecular complexity index is 431. The Morgan fingerprint density at radius 3 is 2.72 bits per heavy atom. The number of nitriles is 1. The second-order valence-electron chi connectivity index (χ2n) is 5.57. The monoisotopic (exact) mass is 305 g/mol. The summed E-state index contributed by atoms with van der Waals surface area (Å²) in [6.45, 7) is 2.25. The molecule has 1 aromatic rings. The van der Waals surface area contributed by atoms with Crippen molar-refractivity contribution in [1.29, 1.82) is 5.26 Å². The van der Waals surface area contributed by atoms with Crippen LogP contribution in [0, 0.1) is 22.7 Å². The summed E-state index contributed by atoms with van der Waals surface area (Å²) < 4.78 is 1.10. The number of rotatable bonds is 3. The van der Waals surface area contributed by atoms with Crippen LogP contribution in [0.25, 0.3) is 0 Å². The second-order valence-corrected chi connectivity index (χ2v) is 6.48. The van der Waals surface area contributed by atoms with Crippen LogP contribution in [0.5, 0.6) is 0 Å². The largest absolute Gasteiger partial charge is 0.198 e. The van der Waals surface area contributed by atoms with Gasteiger partial charge in [-0.15, -0.1) is 0 Å². The van der Waals surface area contributed by atoms with E-state index < -0.39 is 0 Å². The molecule has 1 aromatic carbocycles. The fourth-order valence-corrected chi connectivity index (χ4v) is 3.39. The van der Waals surface area contributed by atoms with Crippen LogP contribution in [-0.4, -0.2) is 0 Å². The minimum absolute atomic E-state index is 0.118. The highest BCUT2D eigenvalue weighted by molar-refractivity contribution is 9.10. The molecule has 0 bridgehead atoms. The van der Waals surface area contributed by atoms with E-state index in [0.29, 0.717) is 0 Å². The normalized spacial score (nSPS) is 27.7. The minimum Gasteiger partial charge on any atom is -0.198 e. The molecule has 1 fully saturated rings. The topological polar surface area (TPSA) is 23.8 Å². The van der Waals surface area contributed by atoms with Crippen molar-refractivity contribution in [2.75, 3.05) is 0 Å². The standard InChI is InChI=1S/C16H20BrN/c1-2-13-4-3-9-16(10-13,12-18)11-14-5-7-15(17)8-6-14/h5-8,13H,2-4,9-11H2,1H3. The molecule has 0 heterocycles. The van der Waals surface area contributed by atoms with Crippen LogP contribution in [0.15, 0.2) is 28.7 Å². The first-order chi connectivity index (χ1) is 8.67. The van der Waals surface area contributed by atoms with Gasteiger partial charge in [0.2, 0.25) is 0 Å². The summed E-state index contributed by atoms with van der Waals surface area (Å²) in [5.41, 5.74) is 1.17. The molecule has 0 radical (unpaired) electrons. The Balaban J connectivity index is 2.13. The summed E-state index contributed by atoms with van der Waals surface area (Å²) in [6.07, 6.45) is 6.78. The minimum atomic E-state index is -0.118. The van der Waals surface area contributed by atoms with E-state index in [9.17, 15) is 5.26 Å². The number of hydrogen-bond acceptors (Lipinski definition) is 1. The fraction of sp³-hybridized carbons (Fsp3) is 0.562. The molecule has 1 aliphatic rings. The Hall–Kier alpha value is -0.810. The lowest BCUT2D eigenvalue weighted by molar-refractivity contribution is 0.194. The van der Waals surface area contributed by atoms with Crippen molar-refractivity contribution in [3.63, 3.8) is 0 Å². The van der Waals surface area contributed by atoms with Gasteiger partial charge in [0.15, 0.2) is 0 Å². The van der Waals surface area contributed by atoms with Gasteiger partial charge in [0.25, 0.3) is 0 Å². The van der Waals surface area contributed by atoms with E-state index in [0.717, 1.165) is 29.7 Å². The highest BCUT2D eigenvalue weighted by atomic mass is 79.9. The molecule has 1 aliphatic carbocycles. The summed E-state index contributed by atoms with van der Waals surface area (Å²) in [7, 11) is 0. The van der Waals surface area contributed by atoms with Gasteiger partial charge in [0, 0.05) is 4.47 Å². The maximum Gasteiger partial charge on any atom is 0.0693 e. The highest BCUT2D eigenvalue weighted by Crippen LogP contribution is 2.42. The van der Waals surface area contributed by atoms with E-state index in [2.05, 4.69) is 53.2 Å². The smallest absolute Gasteiger partial charge is 0.0693 e. The third-order valence-corrected chi connectivity index (χ3v) is 4.75. The zero-order chi connectivity index (χ0) is 13.0. The third kappa shape index (κ3) is 3.14. The summed E-state index contributed by atoms with van der Waals surface area (Å²) in [4.78, 5) is 0. The van der Waals surface area contributed by atoms with E-state index in [1.807, 2.05) is 0 Å². The number of benzene rings is 1. The van der Waals surface area contributed by atoms with Gasteiger partial charge in [0.05, 0.1) is 11.5 Å².